The molecule has 2 aromatic heterocycles. The lowest BCUT2D eigenvalue weighted by Crippen LogP contribution is -2.26. The summed E-state index contributed by atoms with van der Waals surface area (Å²) in [4.78, 5) is 1.42. The Kier molecular flexibility index (Phi) is 6.96. The van der Waals surface area contributed by atoms with Crippen molar-refractivity contribution in [3.05, 3.63) is 208 Å². The molecule has 6 aromatic carbocycles. The van der Waals surface area contributed by atoms with E-state index >= 15 is 0 Å². The fourth-order valence-electron chi connectivity index (χ4n) is 9.19. The molecule has 2 atom stereocenters. The Labute approximate surface area is 312 Å². The van der Waals surface area contributed by atoms with Crippen molar-refractivity contribution < 1.29 is 0 Å². The maximum absolute atomic E-state index is 2.50. The summed E-state index contributed by atoms with van der Waals surface area (Å²) in [5.74, 6) is 0.248. The summed E-state index contributed by atoms with van der Waals surface area (Å²) >= 11 is 3.82. The summed E-state index contributed by atoms with van der Waals surface area (Å²) in [7, 11) is 0. The molecule has 0 amide bonds. The van der Waals surface area contributed by atoms with E-state index in [9.17, 15) is 0 Å². The normalized spacial score (nSPS) is 17.7. The lowest BCUT2D eigenvalue weighted by atomic mass is 9.62. The molecule has 0 bridgehead atoms. The van der Waals surface area contributed by atoms with Crippen molar-refractivity contribution in [2.75, 3.05) is 0 Å². The van der Waals surface area contributed by atoms with Crippen LogP contribution in [0.3, 0.4) is 0 Å². The number of thiophene rings is 2. The predicted molar refractivity (Wildman–Crippen MR) is 225 cm³/mol. The first-order valence-corrected chi connectivity index (χ1v) is 19.9. The van der Waals surface area contributed by atoms with Gasteiger partial charge >= 0.3 is 0 Å². The van der Waals surface area contributed by atoms with E-state index in [-0.39, 0.29) is 11.8 Å². The van der Waals surface area contributed by atoms with E-state index in [1.54, 1.807) is 0 Å². The Morgan fingerprint density at radius 3 is 2.13 bits per heavy atom. The zero-order valence-corrected chi connectivity index (χ0v) is 30.2. The second-order valence-electron chi connectivity index (χ2n) is 14.2. The van der Waals surface area contributed by atoms with Gasteiger partial charge in [0.25, 0.3) is 0 Å². The number of hydrogen-bond donors (Lipinski definition) is 0. The topological polar surface area (TPSA) is 0 Å². The van der Waals surface area contributed by atoms with Crippen LogP contribution in [0.1, 0.15) is 50.6 Å². The average molecular weight is 699 g/mol. The van der Waals surface area contributed by atoms with Crippen LogP contribution in [0, 0.1) is 5.92 Å². The zero-order valence-electron chi connectivity index (χ0n) is 28.6. The molecular formula is C50H34S2. The highest BCUT2D eigenvalue weighted by Gasteiger charge is 2.40. The van der Waals surface area contributed by atoms with Crippen molar-refractivity contribution in [2.24, 2.45) is 5.92 Å². The summed E-state index contributed by atoms with van der Waals surface area (Å²) in [5.41, 5.74) is 15.0. The first-order chi connectivity index (χ1) is 25.8. The zero-order chi connectivity index (χ0) is 34.2. The highest BCUT2D eigenvalue weighted by molar-refractivity contribution is 7.25. The van der Waals surface area contributed by atoms with Gasteiger partial charge in [0.2, 0.25) is 0 Å². The fourth-order valence-corrected chi connectivity index (χ4v) is 11.4. The summed E-state index contributed by atoms with van der Waals surface area (Å²) < 4.78 is 4.07. The standard InChI is InChI=1S/C50H34S2/c1-3-13-31(14-4-1)47-39-21-11-19-35(33-25-27-45-41(29-33)37-17-7-9-23-43(37)51-45)49(39)48(32-15-5-2-6-16-32)50-36(20-12-22-40(47)50)34-26-28-46-42(30-34)38-18-8-10-24-44(38)52-46/h1-7,9-17,19-30,48-49H,8,18H2. The number of hydrogen-bond acceptors (Lipinski definition) is 2. The fraction of sp³-hybridized carbons (Fsp3) is 0.0800. The molecule has 3 aliphatic carbocycles. The number of aryl methyl sites for hydroxylation is 1. The first-order valence-electron chi connectivity index (χ1n) is 18.3. The molecule has 11 rings (SSSR count). The van der Waals surface area contributed by atoms with Crippen LogP contribution < -0.4 is 0 Å². The minimum Gasteiger partial charge on any atom is -0.136 e. The van der Waals surface area contributed by atoms with Crippen LogP contribution >= 0.6 is 22.7 Å². The molecule has 246 valence electrons. The highest BCUT2D eigenvalue weighted by Crippen LogP contribution is 2.57. The van der Waals surface area contributed by atoms with E-state index < -0.39 is 0 Å². The van der Waals surface area contributed by atoms with Crippen LogP contribution in [0.5, 0.6) is 0 Å². The summed E-state index contributed by atoms with van der Waals surface area (Å²) in [6.45, 7) is 0. The Morgan fingerprint density at radius 2 is 1.25 bits per heavy atom. The first kappa shape index (κ1) is 30.1. The number of fused-ring (bicyclic) bond motifs is 8. The van der Waals surface area contributed by atoms with Gasteiger partial charge in [0.05, 0.1) is 0 Å². The molecule has 0 spiro atoms. The Balaban J connectivity index is 1.19. The molecule has 2 unspecified atom stereocenters. The second kappa shape index (κ2) is 12.0. The van der Waals surface area contributed by atoms with Crippen LogP contribution in [0.2, 0.25) is 0 Å². The quantitative estimate of drug-likeness (QED) is 0.172. The summed E-state index contributed by atoms with van der Waals surface area (Å²) in [6.07, 6.45) is 14.0. The molecule has 0 saturated heterocycles. The second-order valence-corrected chi connectivity index (χ2v) is 16.4. The molecule has 0 aliphatic heterocycles. The van der Waals surface area contributed by atoms with E-state index in [1.165, 1.54) is 96.4 Å². The molecule has 2 heteroatoms. The van der Waals surface area contributed by atoms with E-state index in [4.69, 9.17) is 0 Å². The largest absolute Gasteiger partial charge is 0.136 e. The lowest BCUT2D eigenvalue weighted by molar-refractivity contribution is 0.666. The monoisotopic (exact) mass is 698 g/mol. The molecule has 3 aliphatic rings. The summed E-state index contributed by atoms with van der Waals surface area (Å²) in [6, 6.07) is 52.7. The maximum Gasteiger partial charge on any atom is 0.0355 e. The van der Waals surface area contributed by atoms with Gasteiger partial charge in [-0.2, -0.15) is 0 Å². The maximum atomic E-state index is 2.50. The molecule has 0 N–H and O–H groups in total. The Hall–Kier alpha value is -5.54. The minimum atomic E-state index is 0.121. The average Bonchev–Trinajstić information content (AvgIpc) is 3.78. The van der Waals surface area contributed by atoms with E-state index in [0.29, 0.717) is 0 Å². The third kappa shape index (κ3) is 4.64. The van der Waals surface area contributed by atoms with Gasteiger partial charge < -0.3 is 0 Å². The molecule has 0 nitrogen and oxygen atoms in total. The molecule has 0 fully saturated rings. The molecule has 0 saturated carbocycles. The molecule has 2 heterocycles. The van der Waals surface area contributed by atoms with Gasteiger partial charge in [-0.1, -0.05) is 133 Å². The van der Waals surface area contributed by atoms with Gasteiger partial charge in [0, 0.05) is 41.6 Å². The van der Waals surface area contributed by atoms with Crippen LogP contribution in [0.4, 0.5) is 0 Å². The van der Waals surface area contributed by atoms with Crippen molar-refractivity contribution in [2.45, 2.75) is 18.8 Å². The van der Waals surface area contributed by atoms with Gasteiger partial charge in [-0.15, -0.1) is 22.7 Å². The van der Waals surface area contributed by atoms with Crippen molar-refractivity contribution >= 4 is 70.2 Å². The smallest absolute Gasteiger partial charge is 0.0355 e. The van der Waals surface area contributed by atoms with Gasteiger partial charge in [0.15, 0.2) is 0 Å². The SMILES string of the molecule is C1=CC2=C(c3ccccc3)c3cccc(-c4ccc5sc6c(c5c4)CCC=C6)c3C(c3ccccc3)C2C(c2ccc3sc4ccccc4c3c2)=C1. The van der Waals surface area contributed by atoms with Crippen LogP contribution in [-0.2, 0) is 6.42 Å². The third-order valence-electron chi connectivity index (χ3n) is 11.4. The van der Waals surface area contributed by atoms with Crippen LogP contribution in [0.25, 0.3) is 58.6 Å². The number of benzene rings is 6. The number of allylic oxidation sites excluding steroid dienone is 6. The molecule has 52 heavy (non-hydrogen) atoms. The van der Waals surface area contributed by atoms with E-state index in [2.05, 4.69) is 170 Å². The predicted octanol–water partition coefficient (Wildman–Crippen LogP) is 14.1. The molecular weight excluding hydrogens is 665 g/mol. The van der Waals surface area contributed by atoms with Crippen LogP contribution in [-0.4, -0.2) is 0 Å². The van der Waals surface area contributed by atoms with Crippen molar-refractivity contribution in [3.8, 4) is 11.1 Å². The van der Waals surface area contributed by atoms with Gasteiger partial charge in [0.1, 0.15) is 0 Å². The van der Waals surface area contributed by atoms with Gasteiger partial charge in [-0.25, -0.2) is 0 Å². The third-order valence-corrected chi connectivity index (χ3v) is 13.8. The van der Waals surface area contributed by atoms with Crippen molar-refractivity contribution in [1.29, 1.82) is 0 Å². The lowest BCUT2D eigenvalue weighted by Gasteiger charge is -2.41. The van der Waals surface area contributed by atoms with E-state index in [0.717, 1.165) is 12.8 Å². The van der Waals surface area contributed by atoms with E-state index in [1.807, 2.05) is 22.7 Å². The van der Waals surface area contributed by atoms with Gasteiger partial charge in [-0.3, -0.25) is 0 Å². The van der Waals surface area contributed by atoms with Crippen molar-refractivity contribution in [1.82, 2.24) is 0 Å². The minimum absolute atomic E-state index is 0.121. The summed E-state index contributed by atoms with van der Waals surface area (Å²) in [5, 5.41) is 4.11. The highest BCUT2D eigenvalue weighted by atomic mass is 32.1. The Bertz CT molecular complexity index is 2840. The van der Waals surface area contributed by atoms with Crippen LogP contribution in [0.15, 0.2) is 169 Å². The Morgan fingerprint density at radius 1 is 0.519 bits per heavy atom. The number of rotatable bonds is 4. The van der Waals surface area contributed by atoms with Crippen molar-refractivity contribution in [3.63, 3.8) is 0 Å². The van der Waals surface area contributed by atoms with Gasteiger partial charge in [-0.05, 0) is 116 Å². The molecule has 8 aromatic rings. The molecule has 0 radical (unpaired) electrons.